The molecule has 0 aliphatic rings. The Morgan fingerprint density at radius 2 is 1.12 bits per heavy atom. The van der Waals surface area contributed by atoms with Gasteiger partial charge in [-0.15, -0.1) is 0 Å². The van der Waals surface area contributed by atoms with Gasteiger partial charge in [0.1, 0.15) is 0 Å². The van der Waals surface area contributed by atoms with E-state index in [-0.39, 0.29) is 28.8 Å². The summed E-state index contributed by atoms with van der Waals surface area (Å²) < 4.78 is 0. The van der Waals surface area contributed by atoms with Gasteiger partial charge in [-0.05, 0) is 12.8 Å². The minimum absolute atomic E-state index is 0. The fraction of sp³-hybridized carbons (Fsp3) is 0.929. The van der Waals surface area contributed by atoms with Gasteiger partial charge in [0.05, 0.1) is 0 Å². The number of unbranched alkanes of at least 4 members (excludes halogenated alkanes) is 10. The van der Waals surface area contributed by atoms with E-state index in [0.717, 1.165) is 12.8 Å². The van der Waals surface area contributed by atoms with E-state index < -0.39 is 5.97 Å². The van der Waals surface area contributed by atoms with Crippen molar-refractivity contribution < 1.29 is 32.3 Å². The van der Waals surface area contributed by atoms with E-state index in [1.54, 1.807) is 0 Å². The van der Waals surface area contributed by atoms with E-state index in [1.807, 2.05) is 0 Å². The Kier molecular flexibility index (Phi) is 18.6. The molecule has 0 unspecified atom stereocenters. The monoisotopic (exact) mass is 334 g/mol. The summed E-state index contributed by atoms with van der Waals surface area (Å²) in [6.07, 6.45) is 14.0. The molecule has 0 saturated carbocycles. The van der Waals surface area contributed by atoms with Gasteiger partial charge in [0.15, 0.2) is 0 Å². The second kappa shape index (κ2) is 16.2. The Morgan fingerprint density at radius 1 is 0.765 bits per heavy atom. The molecule has 0 rings (SSSR count). The first kappa shape index (κ1) is 19.5. The summed E-state index contributed by atoms with van der Waals surface area (Å²) >= 11 is 0. The number of aliphatic carboxylic acids is 1. The Hall–Kier alpha value is 0.210. The number of carbonyl (C=O) groups excluding carboxylic acids is 1. The van der Waals surface area contributed by atoms with Crippen molar-refractivity contribution in [2.24, 2.45) is 0 Å². The number of hydrogen-bond donors (Lipinski definition) is 0. The minimum Gasteiger partial charge on any atom is -0.550 e. The molecular formula is C14H27AgO2. The van der Waals surface area contributed by atoms with Crippen molar-refractivity contribution in [3.8, 4) is 0 Å². The summed E-state index contributed by atoms with van der Waals surface area (Å²) in [4.78, 5) is 10.1. The predicted molar refractivity (Wildman–Crippen MR) is 66.1 cm³/mol. The van der Waals surface area contributed by atoms with E-state index in [0.29, 0.717) is 0 Å². The van der Waals surface area contributed by atoms with E-state index >= 15 is 0 Å². The van der Waals surface area contributed by atoms with Crippen LogP contribution in [0.4, 0.5) is 0 Å². The fourth-order valence-electron chi connectivity index (χ4n) is 1.93. The summed E-state index contributed by atoms with van der Waals surface area (Å²) in [7, 11) is 0. The van der Waals surface area contributed by atoms with E-state index in [4.69, 9.17) is 0 Å². The van der Waals surface area contributed by atoms with Crippen LogP contribution in [0.25, 0.3) is 0 Å². The van der Waals surface area contributed by atoms with Crippen molar-refractivity contribution in [3.05, 3.63) is 0 Å². The van der Waals surface area contributed by atoms with Crippen LogP contribution in [0.2, 0.25) is 0 Å². The van der Waals surface area contributed by atoms with Crippen LogP contribution < -0.4 is 5.11 Å². The molecule has 0 aromatic heterocycles. The summed E-state index contributed by atoms with van der Waals surface area (Å²) in [5.41, 5.74) is 0. The molecule has 0 saturated heterocycles. The van der Waals surface area contributed by atoms with Crippen molar-refractivity contribution in [1.82, 2.24) is 0 Å². The average Bonchev–Trinajstić information content (AvgIpc) is 2.25. The first-order chi connectivity index (χ1) is 7.77. The minimum atomic E-state index is -0.907. The number of hydrogen-bond acceptors (Lipinski definition) is 2. The molecule has 0 aliphatic heterocycles. The molecule has 0 heterocycles. The molecule has 0 atom stereocenters. The van der Waals surface area contributed by atoms with Gasteiger partial charge < -0.3 is 9.90 Å². The molecule has 0 fully saturated rings. The molecule has 0 bridgehead atoms. The standard InChI is InChI=1S/C14H28O2.Ag/c1-2-3-4-5-6-7-8-9-10-11-12-13-14(15)16;/h2-13H2,1H3,(H,15,16);/q;+1/p-1. The zero-order valence-corrected chi connectivity index (χ0v) is 12.6. The summed E-state index contributed by atoms with van der Waals surface area (Å²) in [5.74, 6) is -0.907. The predicted octanol–water partition coefficient (Wildman–Crippen LogP) is 3.43. The van der Waals surface area contributed by atoms with Crippen LogP contribution >= 0.6 is 0 Å². The number of rotatable bonds is 12. The van der Waals surface area contributed by atoms with Crippen molar-refractivity contribution in [2.75, 3.05) is 0 Å². The zero-order valence-electron chi connectivity index (χ0n) is 11.1. The first-order valence-corrected chi connectivity index (χ1v) is 6.97. The smallest absolute Gasteiger partial charge is 0.550 e. The van der Waals surface area contributed by atoms with Crippen LogP contribution in [-0.2, 0) is 27.2 Å². The van der Waals surface area contributed by atoms with Gasteiger partial charge in [-0.25, -0.2) is 0 Å². The molecular weight excluding hydrogens is 308 g/mol. The fourth-order valence-corrected chi connectivity index (χ4v) is 1.93. The number of carboxylic acids is 1. The first-order valence-electron chi connectivity index (χ1n) is 6.97. The SMILES string of the molecule is CCCCCCCCCCCCCC(=O)[O-].[Ag+]. The van der Waals surface area contributed by atoms with Crippen LogP contribution in [0.15, 0.2) is 0 Å². The maximum Gasteiger partial charge on any atom is 1.00 e. The topological polar surface area (TPSA) is 40.1 Å². The summed E-state index contributed by atoms with van der Waals surface area (Å²) in [5, 5.41) is 10.1. The quantitative estimate of drug-likeness (QED) is 0.405. The molecule has 106 valence electrons. The average molecular weight is 335 g/mol. The molecule has 17 heavy (non-hydrogen) atoms. The van der Waals surface area contributed by atoms with Gasteiger partial charge >= 0.3 is 22.4 Å². The number of carboxylic acid groups (broad SMARTS) is 1. The van der Waals surface area contributed by atoms with Crippen LogP contribution in [-0.4, -0.2) is 5.97 Å². The van der Waals surface area contributed by atoms with E-state index in [9.17, 15) is 9.90 Å². The molecule has 0 N–H and O–H groups in total. The Labute approximate surface area is 122 Å². The molecule has 0 radical (unpaired) electrons. The van der Waals surface area contributed by atoms with Gasteiger partial charge in [0.25, 0.3) is 0 Å². The van der Waals surface area contributed by atoms with Crippen molar-refractivity contribution in [3.63, 3.8) is 0 Å². The summed E-state index contributed by atoms with van der Waals surface area (Å²) in [6, 6.07) is 0. The Balaban J connectivity index is 0. The summed E-state index contributed by atoms with van der Waals surface area (Å²) in [6.45, 7) is 2.24. The second-order valence-electron chi connectivity index (χ2n) is 4.66. The van der Waals surface area contributed by atoms with Crippen LogP contribution in [0.1, 0.15) is 84.0 Å². The van der Waals surface area contributed by atoms with Crippen molar-refractivity contribution in [2.45, 2.75) is 84.0 Å². The number of carbonyl (C=O) groups is 1. The van der Waals surface area contributed by atoms with E-state index in [2.05, 4.69) is 6.92 Å². The third-order valence-electron chi connectivity index (χ3n) is 2.98. The molecule has 0 spiro atoms. The van der Waals surface area contributed by atoms with Gasteiger partial charge in [-0.1, -0.05) is 71.1 Å². The van der Waals surface area contributed by atoms with E-state index in [1.165, 1.54) is 57.8 Å². The maximum absolute atomic E-state index is 10.1. The van der Waals surface area contributed by atoms with Crippen LogP contribution in [0.3, 0.4) is 0 Å². The van der Waals surface area contributed by atoms with Crippen molar-refractivity contribution in [1.29, 1.82) is 0 Å². The normalized spacial score (nSPS) is 9.94. The molecule has 0 aliphatic carbocycles. The van der Waals surface area contributed by atoms with Crippen LogP contribution in [0.5, 0.6) is 0 Å². The van der Waals surface area contributed by atoms with Gasteiger partial charge in [0.2, 0.25) is 0 Å². The van der Waals surface area contributed by atoms with Gasteiger partial charge in [-0.3, -0.25) is 0 Å². The Morgan fingerprint density at radius 3 is 1.47 bits per heavy atom. The maximum atomic E-state index is 10.1. The largest absolute Gasteiger partial charge is 1.00 e. The van der Waals surface area contributed by atoms with Crippen molar-refractivity contribution >= 4 is 5.97 Å². The molecule has 3 heteroatoms. The Bertz CT molecular complexity index is 160. The van der Waals surface area contributed by atoms with Gasteiger partial charge in [0, 0.05) is 5.97 Å². The van der Waals surface area contributed by atoms with Crippen LogP contribution in [0, 0.1) is 0 Å². The zero-order chi connectivity index (χ0) is 12.1. The van der Waals surface area contributed by atoms with Gasteiger partial charge in [-0.2, -0.15) is 0 Å². The molecule has 0 amide bonds. The third kappa shape index (κ3) is 18.8. The second-order valence-corrected chi connectivity index (χ2v) is 4.66. The molecule has 0 aromatic rings. The third-order valence-corrected chi connectivity index (χ3v) is 2.98. The molecule has 0 aromatic carbocycles. The molecule has 2 nitrogen and oxygen atoms in total.